The number of benzene rings is 5. The van der Waals surface area contributed by atoms with Gasteiger partial charge >= 0.3 is 0 Å². The molecule has 0 aliphatic heterocycles. The third kappa shape index (κ3) is 3.86. The summed E-state index contributed by atoms with van der Waals surface area (Å²) in [6.45, 7) is 8.74. The van der Waals surface area contributed by atoms with Crippen LogP contribution in [-0.4, -0.2) is 9.13 Å². The first-order valence-electron chi connectivity index (χ1n) is 15.0. The number of fused-ring (bicyclic) bond motifs is 6. The Labute approximate surface area is 247 Å². The summed E-state index contributed by atoms with van der Waals surface area (Å²) < 4.78 is 4.89. The van der Waals surface area contributed by atoms with Crippen molar-refractivity contribution in [3.8, 4) is 11.4 Å². The Kier molecular flexibility index (Phi) is 5.55. The molecule has 7 aromatic rings. The second-order valence-electron chi connectivity index (χ2n) is 12.2. The maximum atomic E-state index is 2.46. The molecular formula is C40H34N2. The van der Waals surface area contributed by atoms with Gasteiger partial charge in [0.05, 0.1) is 16.6 Å². The molecule has 0 amide bonds. The molecule has 8 rings (SSSR count). The highest BCUT2D eigenvalue weighted by Crippen LogP contribution is 2.40. The second-order valence-corrected chi connectivity index (χ2v) is 12.2. The second kappa shape index (κ2) is 9.36. The minimum absolute atomic E-state index is 0.323. The molecule has 1 aliphatic carbocycles. The van der Waals surface area contributed by atoms with Crippen molar-refractivity contribution in [1.29, 1.82) is 0 Å². The van der Waals surface area contributed by atoms with E-state index in [2.05, 4.69) is 152 Å². The van der Waals surface area contributed by atoms with E-state index < -0.39 is 0 Å². The summed E-state index contributed by atoms with van der Waals surface area (Å²) >= 11 is 0. The van der Waals surface area contributed by atoms with Crippen molar-refractivity contribution in [3.63, 3.8) is 0 Å². The average molecular weight is 543 g/mol. The van der Waals surface area contributed by atoms with E-state index in [9.17, 15) is 0 Å². The zero-order valence-electron chi connectivity index (χ0n) is 24.6. The van der Waals surface area contributed by atoms with E-state index in [0.717, 1.165) is 6.42 Å². The zero-order chi connectivity index (χ0) is 28.5. The van der Waals surface area contributed by atoms with Crippen molar-refractivity contribution in [3.05, 3.63) is 148 Å². The van der Waals surface area contributed by atoms with Crippen LogP contribution in [0.15, 0.2) is 109 Å². The maximum Gasteiger partial charge on any atom is 0.0541 e. The molecule has 42 heavy (non-hydrogen) atoms. The predicted octanol–water partition coefficient (Wildman–Crippen LogP) is 10.3. The van der Waals surface area contributed by atoms with Gasteiger partial charge in [-0.2, -0.15) is 0 Å². The molecule has 0 saturated heterocycles. The number of hydrogen-bond donors (Lipinski definition) is 0. The van der Waals surface area contributed by atoms with Crippen molar-refractivity contribution in [2.24, 2.45) is 0 Å². The highest BCUT2D eigenvalue weighted by molar-refractivity contribution is 6.09. The van der Waals surface area contributed by atoms with Gasteiger partial charge in [-0.25, -0.2) is 0 Å². The minimum atomic E-state index is 0.323. The molecule has 1 unspecified atom stereocenters. The molecule has 2 heterocycles. The summed E-state index contributed by atoms with van der Waals surface area (Å²) in [5.41, 5.74) is 15.6. The Bertz CT molecular complexity index is 2180. The van der Waals surface area contributed by atoms with Crippen LogP contribution in [0.1, 0.15) is 45.0 Å². The Morgan fingerprint density at radius 1 is 0.524 bits per heavy atom. The molecule has 2 nitrogen and oxygen atoms in total. The highest BCUT2D eigenvalue weighted by atomic mass is 15.0. The summed E-state index contributed by atoms with van der Waals surface area (Å²) in [6, 6.07) is 38.6. The largest absolute Gasteiger partial charge is 0.310 e. The number of nitrogens with zero attached hydrogens (tertiary/aromatic N) is 2. The fourth-order valence-corrected chi connectivity index (χ4v) is 7.38. The molecule has 0 saturated carbocycles. The number of para-hydroxylation sites is 2. The topological polar surface area (TPSA) is 9.86 Å². The first-order valence-corrected chi connectivity index (χ1v) is 15.0. The normalized spacial score (nSPS) is 14.7. The molecule has 0 radical (unpaired) electrons. The lowest BCUT2D eigenvalue weighted by Crippen LogP contribution is -2.07. The van der Waals surface area contributed by atoms with E-state index in [4.69, 9.17) is 0 Å². The molecule has 0 fully saturated rings. The number of rotatable bonds is 3. The van der Waals surface area contributed by atoms with Crippen LogP contribution in [0.2, 0.25) is 0 Å². The van der Waals surface area contributed by atoms with E-state index in [1.54, 1.807) is 0 Å². The van der Waals surface area contributed by atoms with Crippen LogP contribution in [0.25, 0.3) is 50.2 Å². The Morgan fingerprint density at radius 3 is 1.74 bits per heavy atom. The molecule has 1 atom stereocenters. The van der Waals surface area contributed by atoms with Gasteiger partial charge in [0.15, 0.2) is 0 Å². The summed E-state index contributed by atoms with van der Waals surface area (Å²) in [6.07, 6.45) is 5.78. The first kappa shape index (κ1) is 24.9. The van der Waals surface area contributed by atoms with E-state index >= 15 is 0 Å². The van der Waals surface area contributed by atoms with E-state index in [1.165, 1.54) is 83.2 Å². The SMILES string of the molecule is Cc1cc(C)cc(-n2c3c(c4ccccc42)CC(c2ccc4c(c2)c2ccccc2n4-c2cc(C)cc(C)c2)C=C3)c1. The van der Waals surface area contributed by atoms with Crippen molar-refractivity contribution >= 4 is 38.8 Å². The van der Waals surface area contributed by atoms with Gasteiger partial charge in [0, 0.05) is 39.1 Å². The first-order chi connectivity index (χ1) is 20.4. The molecule has 204 valence electrons. The van der Waals surface area contributed by atoms with Gasteiger partial charge < -0.3 is 9.13 Å². The fourth-order valence-electron chi connectivity index (χ4n) is 7.38. The van der Waals surface area contributed by atoms with Gasteiger partial charge in [-0.15, -0.1) is 0 Å². The molecule has 5 aromatic carbocycles. The molecule has 1 aliphatic rings. The molecule has 2 aromatic heterocycles. The van der Waals surface area contributed by atoms with Gasteiger partial charge in [-0.05, 0) is 122 Å². The third-order valence-electron chi connectivity index (χ3n) is 8.98. The number of hydrogen-bond acceptors (Lipinski definition) is 0. The maximum absolute atomic E-state index is 2.46. The van der Waals surface area contributed by atoms with E-state index in [1.807, 2.05) is 0 Å². The molecule has 0 spiro atoms. The monoisotopic (exact) mass is 542 g/mol. The summed E-state index contributed by atoms with van der Waals surface area (Å²) in [7, 11) is 0. The van der Waals surface area contributed by atoms with Gasteiger partial charge in [-0.3, -0.25) is 0 Å². The van der Waals surface area contributed by atoms with Crippen LogP contribution >= 0.6 is 0 Å². The fraction of sp³-hybridized carbons (Fsp3) is 0.150. The Hall–Kier alpha value is -4.82. The van der Waals surface area contributed by atoms with Crippen molar-refractivity contribution in [2.75, 3.05) is 0 Å². The van der Waals surface area contributed by atoms with Gasteiger partial charge in [-0.1, -0.05) is 60.7 Å². The summed E-state index contributed by atoms with van der Waals surface area (Å²) in [5.74, 6) is 0.323. The van der Waals surface area contributed by atoms with E-state index in [-0.39, 0.29) is 0 Å². The van der Waals surface area contributed by atoms with Crippen LogP contribution in [0, 0.1) is 27.7 Å². The highest BCUT2D eigenvalue weighted by Gasteiger charge is 2.24. The molecule has 2 heteroatoms. The summed E-state index contributed by atoms with van der Waals surface area (Å²) in [5, 5.41) is 3.98. The minimum Gasteiger partial charge on any atom is -0.310 e. The summed E-state index contributed by atoms with van der Waals surface area (Å²) in [4.78, 5) is 0. The van der Waals surface area contributed by atoms with Crippen LogP contribution in [0.5, 0.6) is 0 Å². The van der Waals surface area contributed by atoms with Gasteiger partial charge in [0.25, 0.3) is 0 Å². The van der Waals surface area contributed by atoms with Gasteiger partial charge in [0.1, 0.15) is 0 Å². The standard InChI is InChI=1S/C40H34N2/c1-25-17-26(2)20-31(19-25)41-37-11-7-5-9-33(37)35-23-29(13-15-39(35)41)30-14-16-40-36(24-30)34-10-6-8-12-38(34)42(40)32-21-27(3)18-28(4)22-32/h5-23,30H,24H2,1-4H3. The van der Waals surface area contributed by atoms with E-state index in [0.29, 0.717) is 5.92 Å². The lowest BCUT2D eigenvalue weighted by atomic mass is 9.86. The average Bonchev–Trinajstić information content (AvgIpc) is 3.48. The smallest absolute Gasteiger partial charge is 0.0541 e. The molecule has 0 bridgehead atoms. The van der Waals surface area contributed by atoms with Crippen LogP contribution in [0.4, 0.5) is 0 Å². The number of aryl methyl sites for hydroxylation is 4. The zero-order valence-corrected chi connectivity index (χ0v) is 24.6. The van der Waals surface area contributed by atoms with Crippen molar-refractivity contribution < 1.29 is 0 Å². The van der Waals surface area contributed by atoms with Gasteiger partial charge in [0.2, 0.25) is 0 Å². The quantitative estimate of drug-likeness (QED) is 0.210. The Morgan fingerprint density at radius 2 is 1.07 bits per heavy atom. The lowest BCUT2D eigenvalue weighted by molar-refractivity contribution is 0.826. The number of aromatic nitrogens is 2. The molecule has 0 N–H and O–H groups in total. The van der Waals surface area contributed by atoms with Crippen molar-refractivity contribution in [2.45, 2.75) is 40.0 Å². The van der Waals surface area contributed by atoms with Crippen LogP contribution in [0.3, 0.4) is 0 Å². The van der Waals surface area contributed by atoms with Crippen LogP contribution in [-0.2, 0) is 6.42 Å². The predicted molar refractivity (Wildman–Crippen MR) is 178 cm³/mol. The lowest BCUT2D eigenvalue weighted by Gasteiger charge is -2.20. The number of allylic oxidation sites excluding steroid dienone is 1. The molecular weight excluding hydrogens is 508 g/mol. The third-order valence-corrected chi connectivity index (χ3v) is 8.98. The Balaban J connectivity index is 1.27. The van der Waals surface area contributed by atoms with Crippen LogP contribution < -0.4 is 0 Å². The van der Waals surface area contributed by atoms with Crippen molar-refractivity contribution in [1.82, 2.24) is 9.13 Å².